The number of amides is 1. The van der Waals surface area contributed by atoms with E-state index in [1.165, 1.54) is 0 Å². The van der Waals surface area contributed by atoms with Crippen LogP contribution in [0, 0.1) is 6.92 Å². The van der Waals surface area contributed by atoms with Crippen molar-refractivity contribution in [3.05, 3.63) is 58.6 Å². The molecule has 1 aromatic carbocycles. The summed E-state index contributed by atoms with van der Waals surface area (Å²) in [7, 11) is 0. The average Bonchev–Trinajstić information content (AvgIpc) is 2.98. The minimum atomic E-state index is -0.332. The molecule has 1 N–H and O–H groups in total. The Morgan fingerprint density at radius 1 is 1.39 bits per heavy atom. The first-order valence-electron chi connectivity index (χ1n) is 7.33. The van der Waals surface area contributed by atoms with Crippen molar-refractivity contribution in [1.29, 1.82) is 0 Å². The molecule has 118 valence electrons. The van der Waals surface area contributed by atoms with Crippen molar-refractivity contribution in [3.63, 3.8) is 0 Å². The molecule has 0 spiro atoms. The summed E-state index contributed by atoms with van der Waals surface area (Å²) in [6.45, 7) is 3.88. The molecule has 23 heavy (non-hydrogen) atoms. The smallest absolute Gasteiger partial charge is 0.291 e. The number of rotatable bonds is 4. The van der Waals surface area contributed by atoms with Gasteiger partial charge in [-0.25, -0.2) is 9.50 Å². The quantitative estimate of drug-likeness (QED) is 0.798. The average molecular weight is 330 g/mol. The molecule has 0 aliphatic rings. The van der Waals surface area contributed by atoms with Crippen LogP contribution >= 0.6 is 11.6 Å². The summed E-state index contributed by atoms with van der Waals surface area (Å²) >= 11 is 6.02. The highest BCUT2D eigenvalue weighted by Gasteiger charge is 2.19. The van der Waals surface area contributed by atoms with Gasteiger partial charge < -0.3 is 5.32 Å². The van der Waals surface area contributed by atoms with Gasteiger partial charge in [0, 0.05) is 16.9 Å². The highest BCUT2D eigenvalue weighted by molar-refractivity contribution is 6.30. The normalized spacial score (nSPS) is 12.3. The van der Waals surface area contributed by atoms with Gasteiger partial charge in [-0.15, -0.1) is 5.10 Å². The number of nitrogens with zero attached hydrogens (tertiary/aromatic N) is 4. The maximum Gasteiger partial charge on any atom is 0.291 e. The first-order valence-corrected chi connectivity index (χ1v) is 7.71. The number of carbonyl (C=O) groups excluding carboxylic acids is 1. The fourth-order valence-corrected chi connectivity index (χ4v) is 2.57. The molecular weight excluding hydrogens is 314 g/mol. The van der Waals surface area contributed by atoms with Gasteiger partial charge in [-0.05, 0) is 37.1 Å². The number of carbonyl (C=O) groups is 1. The van der Waals surface area contributed by atoms with Crippen LogP contribution in [0.1, 0.15) is 41.3 Å². The highest BCUT2D eigenvalue weighted by atomic mass is 35.5. The lowest BCUT2D eigenvalue weighted by Crippen LogP contribution is -2.29. The standard InChI is InChI=1S/C16H16ClN5O/c1-3-13(11-5-4-6-12(17)9-11)19-15(23)14-20-16-18-8-7-10(2)22(16)21-14/h4-9,13H,3H2,1-2H3,(H,19,23). The molecule has 0 radical (unpaired) electrons. The van der Waals surface area contributed by atoms with Crippen LogP contribution in [0.2, 0.25) is 5.02 Å². The molecule has 1 unspecified atom stereocenters. The number of nitrogens with one attached hydrogen (secondary N) is 1. The summed E-state index contributed by atoms with van der Waals surface area (Å²) < 4.78 is 1.55. The Morgan fingerprint density at radius 3 is 2.91 bits per heavy atom. The minimum absolute atomic E-state index is 0.104. The Morgan fingerprint density at radius 2 is 2.22 bits per heavy atom. The summed E-state index contributed by atoms with van der Waals surface area (Å²) in [4.78, 5) is 20.7. The van der Waals surface area contributed by atoms with Crippen LogP contribution in [-0.2, 0) is 0 Å². The fourth-order valence-electron chi connectivity index (χ4n) is 2.37. The van der Waals surface area contributed by atoms with E-state index in [-0.39, 0.29) is 17.8 Å². The van der Waals surface area contributed by atoms with E-state index in [2.05, 4.69) is 20.4 Å². The summed E-state index contributed by atoms with van der Waals surface area (Å²) in [6, 6.07) is 9.11. The third kappa shape index (κ3) is 3.17. The zero-order valence-electron chi connectivity index (χ0n) is 12.8. The second-order valence-corrected chi connectivity index (χ2v) is 5.66. The Bertz CT molecular complexity index is 861. The Kier molecular flexibility index (Phi) is 4.25. The van der Waals surface area contributed by atoms with E-state index in [0.717, 1.165) is 17.7 Å². The van der Waals surface area contributed by atoms with Gasteiger partial charge in [-0.2, -0.15) is 4.98 Å². The maximum absolute atomic E-state index is 12.4. The van der Waals surface area contributed by atoms with E-state index >= 15 is 0 Å². The summed E-state index contributed by atoms with van der Waals surface area (Å²) in [5, 5.41) is 7.80. The zero-order valence-corrected chi connectivity index (χ0v) is 13.6. The summed E-state index contributed by atoms with van der Waals surface area (Å²) in [5.41, 5.74) is 1.81. The third-order valence-electron chi connectivity index (χ3n) is 3.60. The highest BCUT2D eigenvalue weighted by Crippen LogP contribution is 2.20. The predicted molar refractivity (Wildman–Crippen MR) is 87.5 cm³/mol. The lowest BCUT2D eigenvalue weighted by molar-refractivity contribution is 0.0925. The SMILES string of the molecule is CCC(NC(=O)c1nc2nccc(C)n2n1)c1cccc(Cl)c1. The molecule has 3 aromatic rings. The number of halogens is 1. The van der Waals surface area contributed by atoms with Crippen molar-refractivity contribution in [1.82, 2.24) is 24.9 Å². The van der Waals surface area contributed by atoms with Gasteiger partial charge >= 0.3 is 0 Å². The van der Waals surface area contributed by atoms with E-state index in [4.69, 9.17) is 11.6 Å². The van der Waals surface area contributed by atoms with Gasteiger partial charge in [-0.3, -0.25) is 4.79 Å². The van der Waals surface area contributed by atoms with Gasteiger partial charge in [0.25, 0.3) is 11.7 Å². The van der Waals surface area contributed by atoms with Crippen molar-refractivity contribution >= 4 is 23.3 Å². The van der Waals surface area contributed by atoms with Gasteiger partial charge in [0.15, 0.2) is 0 Å². The third-order valence-corrected chi connectivity index (χ3v) is 3.83. The Labute approximate surface area is 138 Å². The van der Waals surface area contributed by atoms with Crippen LogP contribution in [0.15, 0.2) is 36.5 Å². The molecule has 0 fully saturated rings. The molecule has 2 heterocycles. The molecule has 0 saturated heterocycles. The number of fused-ring (bicyclic) bond motifs is 1. The van der Waals surface area contributed by atoms with Crippen LogP contribution in [0.3, 0.4) is 0 Å². The zero-order chi connectivity index (χ0) is 16.4. The van der Waals surface area contributed by atoms with Gasteiger partial charge in [0.05, 0.1) is 6.04 Å². The number of aromatic nitrogens is 4. The van der Waals surface area contributed by atoms with Crippen molar-refractivity contribution in [2.45, 2.75) is 26.3 Å². The molecule has 0 saturated carbocycles. The first kappa shape index (κ1) is 15.4. The molecule has 0 aliphatic heterocycles. The van der Waals surface area contributed by atoms with Crippen molar-refractivity contribution in [2.24, 2.45) is 0 Å². The van der Waals surface area contributed by atoms with Crippen LogP contribution < -0.4 is 5.32 Å². The first-order chi connectivity index (χ1) is 11.1. The van der Waals surface area contributed by atoms with E-state index < -0.39 is 0 Å². The molecule has 1 atom stereocenters. The molecule has 0 bridgehead atoms. The van der Waals surface area contributed by atoms with Crippen molar-refractivity contribution in [3.8, 4) is 0 Å². The molecule has 3 rings (SSSR count). The predicted octanol–water partition coefficient (Wildman–Crippen LogP) is 2.97. The van der Waals surface area contributed by atoms with Gasteiger partial charge in [0.2, 0.25) is 5.82 Å². The second-order valence-electron chi connectivity index (χ2n) is 5.22. The molecule has 6 nitrogen and oxygen atoms in total. The number of aryl methyl sites for hydroxylation is 1. The van der Waals surface area contributed by atoms with Crippen molar-refractivity contribution < 1.29 is 4.79 Å². The number of hydrogen-bond acceptors (Lipinski definition) is 4. The van der Waals surface area contributed by atoms with Crippen LogP contribution in [0.25, 0.3) is 5.78 Å². The van der Waals surface area contributed by atoms with Gasteiger partial charge in [-0.1, -0.05) is 30.7 Å². The molecule has 7 heteroatoms. The van der Waals surface area contributed by atoms with Gasteiger partial charge in [0.1, 0.15) is 0 Å². The number of benzene rings is 1. The largest absolute Gasteiger partial charge is 0.342 e. The maximum atomic E-state index is 12.4. The van der Waals surface area contributed by atoms with E-state index in [1.807, 2.05) is 38.1 Å². The Balaban J connectivity index is 1.85. The fraction of sp³-hybridized carbons (Fsp3) is 0.250. The molecular formula is C16H16ClN5O. The summed E-state index contributed by atoms with van der Waals surface area (Å²) in [6.07, 6.45) is 2.37. The molecule has 0 aliphatic carbocycles. The van der Waals surface area contributed by atoms with E-state index in [0.29, 0.717) is 10.8 Å². The monoisotopic (exact) mass is 329 g/mol. The minimum Gasteiger partial charge on any atom is -0.342 e. The van der Waals surface area contributed by atoms with Crippen LogP contribution in [0.5, 0.6) is 0 Å². The lowest BCUT2D eigenvalue weighted by atomic mass is 10.0. The van der Waals surface area contributed by atoms with Crippen LogP contribution in [0.4, 0.5) is 0 Å². The number of hydrogen-bond donors (Lipinski definition) is 1. The topological polar surface area (TPSA) is 72.2 Å². The molecule has 2 aromatic heterocycles. The summed E-state index contributed by atoms with van der Waals surface area (Å²) in [5.74, 6) is 0.181. The van der Waals surface area contributed by atoms with Crippen LogP contribution in [-0.4, -0.2) is 25.5 Å². The lowest BCUT2D eigenvalue weighted by Gasteiger charge is -2.16. The van der Waals surface area contributed by atoms with E-state index in [9.17, 15) is 4.79 Å². The Hall–Kier alpha value is -2.47. The molecule has 1 amide bonds. The van der Waals surface area contributed by atoms with E-state index in [1.54, 1.807) is 16.8 Å². The second kappa shape index (κ2) is 6.34. The van der Waals surface area contributed by atoms with Crippen molar-refractivity contribution in [2.75, 3.05) is 0 Å².